The van der Waals surface area contributed by atoms with Crippen LogP contribution in [0.15, 0.2) is 48.5 Å². The van der Waals surface area contributed by atoms with Gasteiger partial charge in [0.15, 0.2) is 5.82 Å². The molecule has 0 fully saturated rings. The molecule has 0 spiro atoms. The quantitative estimate of drug-likeness (QED) is 0.499. The van der Waals surface area contributed by atoms with E-state index < -0.39 is 12.2 Å². The third-order valence-electron chi connectivity index (χ3n) is 5.10. The number of benzene rings is 2. The van der Waals surface area contributed by atoms with Gasteiger partial charge in [0, 0.05) is 23.4 Å². The number of nitrogens with one attached hydrogen (secondary N) is 2. The molecule has 0 bridgehead atoms. The van der Waals surface area contributed by atoms with Crippen molar-refractivity contribution in [2.75, 3.05) is 0 Å². The van der Waals surface area contributed by atoms with Crippen molar-refractivity contribution in [3.05, 3.63) is 82.4 Å². The minimum Gasteiger partial charge on any atom is -0.348 e. The fourth-order valence-corrected chi connectivity index (χ4v) is 3.44. The van der Waals surface area contributed by atoms with Gasteiger partial charge in [-0.1, -0.05) is 30.3 Å². The van der Waals surface area contributed by atoms with Gasteiger partial charge in [-0.2, -0.15) is 5.10 Å². The Morgan fingerprint density at radius 1 is 1.17 bits per heavy atom. The summed E-state index contributed by atoms with van der Waals surface area (Å²) in [5, 5.41) is 7.49. The summed E-state index contributed by atoms with van der Waals surface area (Å²) in [5.74, 6) is -0.695. The lowest BCUT2D eigenvalue weighted by atomic mass is 10.1. The van der Waals surface area contributed by atoms with Crippen LogP contribution in [0.5, 0.6) is 0 Å². The van der Waals surface area contributed by atoms with Gasteiger partial charge in [0.05, 0.1) is 23.3 Å². The van der Waals surface area contributed by atoms with E-state index in [9.17, 15) is 13.6 Å². The molecule has 2 aromatic heterocycles. The van der Waals surface area contributed by atoms with Crippen molar-refractivity contribution in [3.63, 3.8) is 0 Å². The first-order valence-electron chi connectivity index (χ1n) is 9.55. The molecular formula is C22H21F2N5O. The van der Waals surface area contributed by atoms with Crippen LogP contribution in [0, 0.1) is 13.8 Å². The number of rotatable bonds is 6. The molecule has 30 heavy (non-hydrogen) atoms. The van der Waals surface area contributed by atoms with Crippen molar-refractivity contribution < 1.29 is 13.6 Å². The van der Waals surface area contributed by atoms with Crippen molar-refractivity contribution in [1.82, 2.24) is 25.1 Å². The van der Waals surface area contributed by atoms with E-state index in [1.165, 1.54) is 6.07 Å². The number of aryl methyl sites for hydroxylation is 1. The number of hydrogen-bond acceptors (Lipinski definition) is 3. The first-order valence-corrected chi connectivity index (χ1v) is 9.55. The van der Waals surface area contributed by atoms with Crippen LogP contribution in [0.4, 0.5) is 8.78 Å². The summed E-state index contributed by atoms with van der Waals surface area (Å²) in [7, 11) is 0. The summed E-state index contributed by atoms with van der Waals surface area (Å²) in [4.78, 5) is 19.0. The van der Waals surface area contributed by atoms with Crippen LogP contribution >= 0.6 is 0 Å². The fraction of sp³-hybridized carbons (Fsp3) is 0.227. The zero-order chi connectivity index (χ0) is 21.3. The second kappa shape index (κ2) is 8.06. The van der Waals surface area contributed by atoms with Crippen LogP contribution in [0.25, 0.3) is 11.0 Å². The van der Waals surface area contributed by atoms with Crippen LogP contribution in [0.2, 0.25) is 0 Å². The van der Waals surface area contributed by atoms with Gasteiger partial charge in [0.2, 0.25) is 0 Å². The second-order valence-electron chi connectivity index (χ2n) is 7.13. The van der Waals surface area contributed by atoms with Crippen LogP contribution in [0.3, 0.4) is 0 Å². The van der Waals surface area contributed by atoms with Gasteiger partial charge in [-0.15, -0.1) is 0 Å². The van der Waals surface area contributed by atoms with Crippen molar-refractivity contribution >= 4 is 16.9 Å². The molecule has 0 radical (unpaired) electrons. The molecule has 0 aliphatic carbocycles. The summed E-state index contributed by atoms with van der Waals surface area (Å²) in [5.41, 5.74) is 5.13. The molecule has 6 nitrogen and oxygen atoms in total. The number of carbonyl (C=O) groups excluding carboxylic acids is 1. The highest BCUT2D eigenvalue weighted by Gasteiger charge is 2.16. The zero-order valence-electron chi connectivity index (χ0n) is 16.6. The number of aromatic nitrogens is 4. The van der Waals surface area contributed by atoms with E-state index in [-0.39, 0.29) is 5.91 Å². The van der Waals surface area contributed by atoms with Gasteiger partial charge in [-0.3, -0.25) is 9.48 Å². The molecule has 0 unspecified atom stereocenters. The molecule has 0 aliphatic heterocycles. The Morgan fingerprint density at radius 2 is 1.93 bits per heavy atom. The number of aromatic amines is 1. The van der Waals surface area contributed by atoms with Crippen molar-refractivity contribution in [1.29, 1.82) is 0 Å². The van der Waals surface area contributed by atoms with Crippen LogP contribution in [-0.4, -0.2) is 25.7 Å². The summed E-state index contributed by atoms with van der Waals surface area (Å²) in [6.45, 7) is 4.88. The van der Waals surface area contributed by atoms with E-state index in [0.717, 1.165) is 22.5 Å². The first-order chi connectivity index (χ1) is 14.4. The number of alkyl halides is 2. The lowest BCUT2D eigenvalue weighted by Gasteiger charge is -2.08. The van der Waals surface area contributed by atoms with E-state index in [4.69, 9.17) is 0 Å². The van der Waals surface area contributed by atoms with Crippen molar-refractivity contribution in [2.24, 2.45) is 0 Å². The summed E-state index contributed by atoms with van der Waals surface area (Å²) in [6.07, 6.45) is -2.69. The van der Waals surface area contributed by atoms with E-state index in [2.05, 4.69) is 20.4 Å². The number of carbonyl (C=O) groups is 1. The van der Waals surface area contributed by atoms with E-state index in [1.54, 1.807) is 12.1 Å². The molecule has 0 saturated carbocycles. The normalized spacial score (nSPS) is 11.4. The Bertz CT molecular complexity index is 1200. The summed E-state index contributed by atoms with van der Waals surface area (Å²) < 4.78 is 27.5. The van der Waals surface area contributed by atoms with E-state index in [0.29, 0.717) is 29.7 Å². The largest absolute Gasteiger partial charge is 0.348 e. The van der Waals surface area contributed by atoms with Crippen molar-refractivity contribution in [3.8, 4) is 0 Å². The summed E-state index contributed by atoms with van der Waals surface area (Å²) in [6, 6.07) is 14.7. The van der Waals surface area contributed by atoms with Gasteiger partial charge in [-0.05, 0) is 37.6 Å². The van der Waals surface area contributed by atoms with Crippen LogP contribution in [-0.2, 0) is 13.1 Å². The fourth-order valence-electron chi connectivity index (χ4n) is 3.44. The topological polar surface area (TPSA) is 75.6 Å². The monoisotopic (exact) mass is 409 g/mol. The molecule has 154 valence electrons. The number of amides is 1. The number of nitrogens with zero attached hydrogens (tertiary/aromatic N) is 3. The van der Waals surface area contributed by atoms with Gasteiger partial charge in [0.25, 0.3) is 12.3 Å². The maximum Gasteiger partial charge on any atom is 0.295 e. The van der Waals surface area contributed by atoms with E-state index in [1.807, 2.05) is 48.9 Å². The Kier molecular flexibility index (Phi) is 5.31. The Labute approximate surface area is 171 Å². The Morgan fingerprint density at radius 3 is 2.67 bits per heavy atom. The van der Waals surface area contributed by atoms with Crippen LogP contribution in [0.1, 0.15) is 45.1 Å². The maximum atomic E-state index is 12.8. The minimum absolute atomic E-state index is 0.292. The van der Waals surface area contributed by atoms with Gasteiger partial charge in [0.1, 0.15) is 0 Å². The van der Waals surface area contributed by atoms with Gasteiger partial charge >= 0.3 is 0 Å². The number of halogens is 2. The number of fused-ring (bicyclic) bond motifs is 1. The molecule has 4 aromatic rings. The highest BCUT2D eigenvalue weighted by Crippen LogP contribution is 2.21. The predicted molar refractivity (Wildman–Crippen MR) is 109 cm³/mol. The molecule has 0 saturated heterocycles. The highest BCUT2D eigenvalue weighted by atomic mass is 19.3. The molecule has 2 heterocycles. The first kappa shape index (κ1) is 19.8. The third-order valence-corrected chi connectivity index (χ3v) is 5.10. The molecule has 4 rings (SSSR count). The average molecular weight is 409 g/mol. The lowest BCUT2D eigenvalue weighted by molar-refractivity contribution is 0.0951. The number of imidazole rings is 1. The number of hydrogen-bond donors (Lipinski definition) is 2. The smallest absolute Gasteiger partial charge is 0.295 e. The molecule has 2 aromatic carbocycles. The van der Waals surface area contributed by atoms with Gasteiger partial charge < -0.3 is 10.3 Å². The highest BCUT2D eigenvalue weighted by molar-refractivity contribution is 5.97. The SMILES string of the molecule is Cc1nn(Cc2ccccc2)c(C)c1CNC(=O)c1ccc2nc(C(F)F)[nH]c2c1. The molecular weight excluding hydrogens is 388 g/mol. The molecule has 0 aliphatic rings. The predicted octanol–water partition coefficient (Wildman–Crippen LogP) is 4.29. The van der Waals surface area contributed by atoms with Crippen molar-refractivity contribution in [2.45, 2.75) is 33.4 Å². The second-order valence-corrected chi connectivity index (χ2v) is 7.13. The minimum atomic E-state index is -2.69. The lowest BCUT2D eigenvalue weighted by Crippen LogP contribution is -2.23. The number of H-pyrrole nitrogens is 1. The molecule has 0 atom stereocenters. The summed E-state index contributed by atoms with van der Waals surface area (Å²) >= 11 is 0. The third kappa shape index (κ3) is 3.94. The molecule has 8 heteroatoms. The van der Waals surface area contributed by atoms with Gasteiger partial charge in [-0.25, -0.2) is 13.8 Å². The maximum absolute atomic E-state index is 12.8. The average Bonchev–Trinajstić information content (AvgIpc) is 3.28. The molecule has 1 amide bonds. The Hall–Kier alpha value is -3.55. The van der Waals surface area contributed by atoms with Crippen LogP contribution < -0.4 is 5.32 Å². The molecule has 2 N–H and O–H groups in total. The van der Waals surface area contributed by atoms with E-state index >= 15 is 0 Å². The standard InChI is InChI=1S/C22H21F2N5O/c1-13-17(14(2)29(28-13)12-15-6-4-3-5-7-15)11-25-22(30)16-8-9-18-19(10-16)27-21(26-18)20(23)24/h3-10,20H,11-12H2,1-2H3,(H,25,30)(H,26,27). The zero-order valence-corrected chi connectivity index (χ0v) is 16.6. The Balaban J connectivity index is 1.48.